The van der Waals surface area contributed by atoms with Crippen molar-refractivity contribution in [2.75, 3.05) is 26.2 Å². The van der Waals surface area contributed by atoms with Crippen LogP contribution in [0, 0.1) is 13.8 Å². The third-order valence-corrected chi connectivity index (χ3v) is 4.58. The Kier molecular flexibility index (Phi) is 6.72. The second kappa shape index (κ2) is 8.55. The molecular formula is C19H32N2. The molecule has 118 valence electrons. The van der Waals surface area contributed by atoms with Crippen molar-refractivity contribution in [3.8, 4) is 0 Å². The molecular weight excluding hydrogens is 256 g/mol. The van der Waals surface area contributed by atoms with E-state index >= 15 is 0 Å². The Morgan fingerprint density at radius 3 is 2.43 bits per heavy atom. The molecule has 1 aliphatic heterocycles. The first-order valence-corrected chi connectivity index (χ1v) is 8.73. The normalized spacial score (nSPS) is 18.4. The molecule has 0 bridgehead atoms. The van der Waals surface area contributed by atoms with Crippen LogP contribution in [0.1, 0.15) is 61.8 Å². The predicted molar refractivity (Wildman–Crippen MR) is 91.9 cm³/mol. The van der Waals surface area contributed by atoms with E-state index in [0.29, 0.717) is 6.04 Å². The van der Waals surface area contributed by atoms with Gasteiger partial charge in [-0.15, -0.1) is 0 Å². The van der Waals surface area contributed by atoms with Crippen molar-refractivity contribution in [2.45, 2.75) is 58.9 Å². The summed E-state index contributed by atoms with van der Waals surface area (Å²) in [6.45, 7) is 11.5. The van der Waals surface area contributed by atoms with E-state index < -0.39 is 0 Å². The van der Waals surface area contributed by atoms with Gasteiger partial charge in [0.15, 0.2) is 0 Å². The van der Waals surface area contributed by atoms with Crippen molar-refractivity contribution in [3.05, 3.63) is 34.9 Å². The maximum Gasteiger partial charge on any atom is 0.0451 e. The standard InChI is InChI=1S/C19H32N2/c1-4-11-20-19(15-21-12-7-5-6-8-13-21)18-10-9-16(2)14-17(18)3/h9-10,14,19-20H,4-8,11-13,15H2,1-3H3. The fourth-order valence-electron chi connectivity index (χ4n) is 3.38. The van der Waals surface area contributed by atoms with Crippen LogP contribution in [0.5, 0.6) is 0 Å². The molecule has 0 aliphatic carbocycles. The van der Waals surface area contributed by atoms with Crippen LogP contribution in [-0.2, 0) is 0 Å². The third-order valence-electron chi connectivity index (χ3n) is 4.58. The Morgan fingerprint density at radius 1 is 1.10 bits per heavy atom. The number of aryl methyl sites for hydroxylation is 2. The zero-order valence-electron chi connectivity index (χ0n) is 14.1. The van der Waals surface area contributed by atoms with E-state index in [1.807, 2.05) is 0 Å². The molecule has 1 aromatic carbocycles. The molecule has 21 heavy (non-hydrogen) atoms. The van der Waals surface area contributed by atoms with Crippen LogP contribution in [0.2, 0.25) is 0 Å². The summed E-state index contributed by atoms with van der Waals surface area (Å²) in [6, 6.07) is 7.38. The molecule has 0 spiro atoms. The lowest BCUT2D eigenvalue weighted by atomic mass is 9.98. The third kappa shape index (κ3) is 5.12. The van der Waals surface area contributed by atoms with E-state index in [4.69, 9.17) is 0 Å². The average molecular weight is 288 g/mol. The van der Waals surface area contributed by atoms with Gasteiger partial charge in [0.1, 0.15) is 0 Å². The fraction of sp³-hybridized carbons (Fsp3) is 0.684. The molecule has 1 atom stereocenters. The summed E-state index contributed by atoms with van der Waals surface area (Å²) >= 11 is 0. The SMILES string of the molecule is CCCNC(CN1CCCCCC1)c1ccc(C)cc1C. The summed E-state index contributed by atoms with van der Waals surface area (Å²) < 4.78 is 0. The quantitative estimate of drug-likeness (QED) is 0.843. The number of benzene rings is 1. The van der Waals surface area contributed by atoms with E-state index in [2.05, 4.69) is 49.2 Å². The van der Waals surface area contributed by atoms with Gasteiger partial charge in [0, 0.05) is 12.6 Å². The zero-order chi connectivity index (χ0) is 15.1. The van der Waals surface area contributed by atoms with E-state index in [-0.39, 0.29) is 0 Å². The lowest BCUT2D eigenvalue weighted by Crippen LogP contribution is -2.36. The monoisotopic (exact) mass is 288 g/mol. The van der Waals surface area contributed by atoms with Crippen molar-refractivity contribution in [3.63, 3.8) is 0 Å². The Hall–Kier alpha value is -0.860. The van der Waals surface area contributed by atoms with Crippen molar-refractivity contribution in [2.24, 2.45) is 0 Å². The van der Waals surface area contributed by atoms with Crippen molar-refractivity contribution in [1.29, 1.82) is 0 Å². The molecule has 0 saturated carbocycles. The lowest BCUT2D eigenvalue weighted by Gasteiger charge is -2.28. The number of hydrogen-bond acceptors (Lipinski definition) is 2. The van der Waals surface area contributed by atoms with Gasteiger partial charge in [0.05, 0.1) is 0 Å². The van der Waals surface area contributed by atoms with E-state index in [9.17, 15) is 0 Å². The highest BCUT2D eigenvalue weighted by molar-refractivity contribution is 5.33. The summed E-state index contributed by atoms with van der Waals surface area (Å²) in [7, 11) is 0. The highest BCUT2D eigenvalue weighted by Gasteiger charge is 2.18. The highest BCUT2D eigenvalue weighted by atomic mass is 15.1. The maximum atomic E-state index is 3.77. The topological polar surface area (TPSA) is 15.3 Å². The summed E-state index contributed by atoms with van der Waals surface area (Å²) in [4.78, 5) is 2.67. The van der Waals surface area contributed by atoms with Gasteiger partial charge in [0.2, 0.25) is 0 Å². The fourth-order valence-corrected chi connectivity index (χ4v) is 3.38. The Bertz CT molecular complexity index is 420. The number of nitrogens with one attached hydrogen (secondary N) is 1. The Labute approximate surface area is 130 Å². The van der Waals surface area contributed by atoms with E-state index in [1.165, 1.54) is 61.9 Å². The van der Waals surface area contributed by atoms with Crippen molar-refractivity contribution < 1.29 is 0 Å². The Morgan fingerprint density at radius 2 is 1.81 bits per heavy atom. The first kappa shape index (κ1) is 16.5. The smallest absolute Gasteiger partial charge is 0.0451 e. The molecule has 1 aliphatic rings. The minimum Gasteiger partial charge on any atom is -0.309 e. The van der Waals surface area contributed by atoms with Gasteiger partial charge in [-0.05, 0) is 63.9 Å². The lowest BCUT2D eigenvalue weighted by molar-refractivity contribution is 0.251. The molecule has 2 rings (SSSR count). The molecule has 2 nitrogen and oxygen atoms in total. The molecule has 0 amide bonds. The molecule has 2 heteroatoms. The molecule has 1 aromatic rings. The summed E-state index contributed by atoms with van der Waals surface area (Å²) in [5.74, 6) is 0. The average Bonchev–Trinajstić information content (AvgIpc) is 2.72. The highest BCUT2D eigenvalue weighted by Crippen LogP contribution is 2.21. The van der Waals surface area contributed by atoms with Crippen molar-refractivity contribution >= 4 is 0 Å². The maximum absolute atomic E-state index is 3.77. The molecule has 1 saturated heterocycles. The minimum atomic E-state index is 0.476. The molecule has 1 unspecified atom stereocenters. The van der Waals surface area contributed by atoms with Crippen LogP contribution in [0.3, 0.4) is 0 Å². The van der Waals surface area contributed by atoms with Crippen LogP contribution in [0.15, 0.2) is 18.2 Å². The molecule has 0 radical (unpaired) electrons. The van der Waals surface area contributed by atoms with Crippen LogP contribution in [-0.4, -0.2) is 31.1 Å². The van der Waals surface area contributed by atoms with E-state index in [1.54, 1.807) is 0 Å². The zero-order valence-corrected chi connectivity index (χ0v) is 14.1. The first-order chi connectivity index (χ1) is 10.2. The number of likely N-dealkylation sites (tertiary alicyclic amines) is 1. The number of hydrogen-bond donors (Lipinski definition) is 1. The van der Waals surface area contributed by atoms with Crippen molar-refractivity contribution in [1.82, 2.24) is 10.2 Å². The molecule has 1 fully saturated rings. The van der Waals surface area contributed by atoms with Gasteiger partial charge < -0.3 is 10.2 Å². The molecule has 1 heterocycles. The second-order valence-electron chi connectivity index (χ2n) is 6.58. The summed E-state index contributed by atoms with van der Waals surface area (Å²) in [5.41, 5.74) is 4.27. The van der Waals surface area contributed by atoms with Crippen LogP contribution >= 0.6 is 0 Å². The van der Waals surface area contributed by atoms with Gasteiger partial charge in [-0.3, -0.25) is 0 Å². The molecule has 0 aromatic heterocycles. The second-order valence-corrected chi connectivity index (χ2v) is 6.58. The largest absolute Gasteiger partial charge is 0.309 e. The first-order valence-electron chi connectivity index (χ1n) is 8.73. The van der Waals surface area contributed by atoms with Crippen LogP contribution < -0.4 is 5.32 Å². The summed E-state index contributed by atoms with van der Waals surface area (Å²) in [6.07, 6.45) is 6.75. The number of rotatable bonds is 6. The van der Waals surface area contributed by atoms with Gasteiger partial charge in [-0.1, -0.05) is 43.5 Å². The predicted octanol–water partition coefficient (Wildman–Crippen LogP) is 4.22. The van der Waals surface area contributed by atoms with Gasteiger partial charge in [0.25, 0.3) is 0 Å². The van der Waals surface area contributed by atoms with Gasteiger partial charge in [-0.2, -0.15) is 0 Å². The van der Waals surface area contributed by atoms with Gasteiger partial charge in [-0.25, -0.2) is 0 Å². The van der Waals surface area contributed by atoms with Crippen LogP contribution in [0.4, 0.5) is 0 Å². The Balaban J connectivity index is 2.08. The molecule has 1 N–H and O–H groups in total. The summed E-state index contributed by atoms with van der Waals surface area (Å²) in [5, 5.41) is 3.77. The van der Waals surface area contributed by atoms with E-state index in [0.717, 1.165) is 13.1 Å². The number of nitrogens with zero attached hydrogens (tertiary/aromatic N) is 1. The van der Waals surface area contributed by atoms with Crippen LogP contribution in [0.25, 0.3) is 0 Å². The minimum absolute atomic E-state index is 0.476. The van der Waals surface area contributed by atoms with Gasteiger partial charge >= 0.3 is 0 Å².